The lowest BCUT2D eigenvalue weighted by Gasteiger charge is -2.26. The van der Waals surface area contributed by atoms with Crippen LogP contribution >= 0.6 is 11.6 Å². The predicted molar refractivity (Wildman–Crippen MR) is 84.5 cm³/mol. The van der Waals surface area contributed by atoms with Crippen LogP contribution in [0, 0.1) is 13.8 Å². The summed E-state index contributed by atoms with van der Waals surface area (Å²) >= 11 is 6.16. The van der Waals surface area contributed by atoms with Crippen LogP contribution in [0.3, 0.4) is 0 Å². The van der Waals surface area contributed by atoms with Gasteiger partial charge in [0.2, 0.25) is 0 Å². The van der Waals surface area contributed by atoms with E-state index in [0.29, 0.717) is 18.2 Å². The lowest BCUT2D eigenvalue weighted by Crippen LogP contribution is -2.38. The molecule has 4 nitrogen and oxygen atoms in total. The molecule has 1 aromatic carbocycles. The van der Waals surface area contributed by atoms with Gasteiger partial charge in [-0.25, -0.2) is 0 Å². The van der Waals surface area contributed by atoms with E-state index < -0.39 is 0 Å². The van der Waals surface area contributed by atoms with Crippen LogP contribution in [0.5, 0.6) is 5.75 Å². The molecule has 0 aromatic heterocycles. The predicted octanol–water partition coefficient (Wildman–Crippen LogP) is 2.68. The molecule has 0 aliphatic carbocycles. The summed E-state index contributed by atoms with van der Waals surface area (Å²) in [6.45, 7) is 10.5. The van der Waals surface area contributed by atoms with Gasteiger partial charge < -0.3 is 14.2 Å². The van der Waals surface area contributed by atoms with Crippen molar-refractivity contribution < 1.29 is 14.2 Å². The molecule has 5 heteroatoms. The average Bonchev–Trinajstić information content (AvgIpc) is 2.51. The normalized spacial score (nSPS) is 16.1. The number of aryl methyl sites for hydroxylation is 1. The van der Waals surface area contributed by atoms with E-state index in [1.165, 1.54) is 5.56 Å². The van der Waals surface area contributed by atoms with Crippen LogP contribution in [0.25, 0.3) is 0 Å². The molecule has 0 spiro atoms. The third-order valence-electron chi connectivity index (χ3n) is 3.76. The Morgan fingerprint density at radius 3 is 2.67 bits per heavy atom. The summed E-state index contributed by atoms with van der Waals surface area (Å²) in [6.07, 6.45) is 0. The first-order valence-corrected chi connectivity index (χ1v) is 7.82. The zero-order chi connectivity index (χ0) is 15.1. The highest BCUT2D eigenvalue weighted by molar-refractivity contribution is 6.32. The van der Waals surface area contributed by atoms with Gasteiger partial charge in [0.15, 0.2) is 0 Å². The van der Waals surface area contributed by atoms with E-state index in [2.05, 4.69) is 11.8 Å². The molecule has 1 fully saturated rings. The van der Waals surface area contributed by atoms with Crippen LogP contribution in [0.2, 0.25) is 5.02 Å². The first-order valence-electron chi connectivity index (χ1n) is 7.45. The number of benzene rings is 1. The van der Waals surface area contributed by atoms with Gasteiger partial charge in [0, 0.05) is 19.6 Å². The summed E-state index contributed by atoms with van der Waals surface area (Å²) in [7, 11) is 0. The second-order valence-electron chi connectivity index (χ2n) is 5.23. The fraction of sp³-hybridized carbons (Fsp3) is 0.625. The smallest absolute Gasteiger partial charge is 0.141 e. The third kappa shape index (κ3) is 5.15. The van der Waals surface area contributed by atoms with E-state index in [1.54, 1.807) is 0 Å². The minimum absolute atomic E-state index is 0.521. The molecule has 1 saturated heterocycles. The van der Waals surface area contributed by atoms with Crippen molar-refractivity contribution >= 4 is 11.6 Å². The zero-order valence-corrected chi connectivity index (χ0v) is 13.6. The summed E-state index contributed by atoms with van der Waals surface area (Å²) in [5, 5.41) is 0.659. The topological polar surface area (TPSA) is 30.9 Å². The number of morpholine rings is 1. The lowest BCUT2D eigenvalue weighted by atomic mass is 10.1. The van der Waals surface area contributed by atoms with Crippen molar-refractivity contribution in [1.82, 2.24) is 4.90 Å². The van der Waals surface area contributed by atoms with E-state index in [0.717, 1.165) is 50.8 Å². The number of hydrogen-bond donors (Lipinski definition) is 0. The minimum atomic E-state index is 0.521. The van der Waals surface area contributed by atoms with Gasteiger partial charge in [-0.15, -0.1) is 0 Å². The Hall–Kier alpha value is -0.810. The fourth-order valence-electron chi connectivity index (χ4n) is 2.26. The summed E-state index contributed by atoms with van der Waals surface area (Å²) in [5.41, 5.74) is 2.28. The van der Waals surface area contributed by atoms with E-state index in [9.17, 15) is 0 Å². The van der Waals surface area contributed by atoms with Gasteiger partial charge in [0.05, 0.1) is 31.5 Å². The summed E-state index contributed by atoms with van der Waals surface area (Å²) in [4.78, 5) is 2.35. The van der Waals surface area contributed by atoms with Crippen LogP contribution in [-0.4, -0.2) is 57.6 Å². The van der Waals surface area contributed by atoms with Crippen molar-refractivity contribution in [3.63, 3.8) is 0 Å². The first kappa shape index (κ1) is 16.6. The van der Waals surface area contributed by atoms with Crippen LogP contribution in [-0.2, 0) is 9.47 Å². The minimum Gasteiger partial charge on any atom is -0.489 e. The maximum Gasteiger partial charge on any atom is 0.141 e. The molecule has 0 N–H and O–H groups in total. The second kappa shape index (κ2) is 8.59. The standard InChI is InChI=1S/C16H24ClNO3/c1-13-3-4-15(17)16(14(13)2)21-12-11-20-10-7-18-5-8-19-9-6-18/h3-4H,5-12H2,1-2H3. The average molecular weight is 314 g/mol. The molecule has 0 radical (unpaired) electrons. The molecule has 0 saturated carbocycles. The van der Waals surface area contributed by atoms with E-state index in [-0.39, 0.29) is 0 Å². The van der Waals surface area contributed by atoms with Gasteiger partial charge in [-0.1, -0.05) is 17.7 Å². The summed E-state index contributed by atoms with van der Waals surface area (Å²) < 4.78 is 16.7. The molecule has 0 atom stereocenters. The Kier molecular flexibility index (Phi) is 6.77. The summed E-state index contributed by atoms with van der Waals surface area (Å²) in [5.74, 6) is 0.772. The van der Waals surface area contributed by atoms with Gasteiger partial charge in [0.1, 0.15) is 12.4 Å². The molecule has 0 bridgehead atoms. The quantitative estimate of drug-likeness (QED) is 0.724. The van der Waals surface area contributed by atoms with Gasteiger partial charge in [-0.05, 0) is 31.0 Å². The maximum atomic E-state index is 6.16. The Balaban J connectivity index is 1.62. The summed E-state index contributed by atoms with van der Waals surface area (Å²) in [6, 6.07) is 3.88. The molecule has 0 amide bonds. The van der Waals surface area contributed by atoms with E-state index >= 15 is 0 Å². The molecule has 2 rings (SSSR count). The van der Waals surface area contributed by atoms with Gasteiger partial charge >= 0.3 is 0 Å². The largest absolute Gasteiger partial charge is 0.489 e. The monoisotopic (exact) mass is 313 g/mol. The Bertz CT molecular complexity index is 447. The van der Waals surface area contributed by atoms with Gasteiger partial charge in [-0.2, -0.15) is 0 Å². The number of rotatable bonds is 7. The molecular formula is C16H24ClNO3. The SMILES string of the molecule is Cc1ccc(Cl)c(OCCOCCN2CCOCC2)c1C. The van der Waals surface area contributed by atoms with Crippen molar-refractivity contribution in [2.24, 2.45) is 0 Å². The molecule has 1 heterocycles. The van der Waals surface area contributed by atoms with Crippen molar-refractivity contribution in [2.75, 3.05) is 52.7 Å². The van der Waals surface area contributed by atoms with Gasteiger partial charge in [-0.3, -0.25) is 4.90 Å². The molecule has 1 aromatic rings. The third-order valence-corrected chi connectivity index (χ3v) is 4.06. The molecule has 1 aliphatic heterocycles. The fourth-order valence-corrected chi connectivity index (χ4v) is 2.52. The Morgan fingerprint density at radius 1 is 1.14 bits per heavy atom. The zero-order valence-electron chi connectivity index (χ0n) is 12.9. The Morgan fingerprint density at radius 2 is 1.90 bits per heavy atom. The van der Waals surface area contributed by atoms with Crippen molar-refractivity contribution in [2.45, 2.75) is 13.8 Å². The molecule has 0 unspecified atom stereocenters. The van der Waals surface area contributed by atoms with Gasteiger partial charge in [0.25, 0.3) is 0 Å². The number of nitrogens with zero attached hydrogens (tertiary/aromatic N) is 1. The highest BCUT2D eigenvalue weighted by atomic mass is 35.5. The Labute approximate surface area is 131 Å². The molecule has 21 heavy (non-hydrogen) atoms. The first-order chi connectivity index (χ1) is 10.2. The van der Waals surface area contributed by atoms with Crippen LogP contribution in [0.15, 0.2) is 12.1 Å². The van der Waals surface area contributed by atoms with E-state index in [4.69, 9.17) is 25.8 Å². The van der Waals surface area contributed by atoms with E-state index in [1.807, 2.05) is 19.1 Å². The van der Waals surface area contributed by atoms with Crippen LogP contribution in [0.1, 0.15) is 11.1 Å². The maximum absolute atomic E-state index is 6.16. The highest BCUT2D eigenvalue weighted by Gasteiger charge is 2.10. The second-order valence-corrected chi connectivity index (χ2v) is 5.64. The molecule has 118 valence electrons. The lowest BCUT2D eigenvalue weighted by molar-refractivity contribution is 0.0170. The number of hydrogen-bond acceptors (Lipinski definition) is 4. The van der Waals surface area contributed by atoms with Crippen LogP contribution in [0.4, 0.5) is 0 Å². The molecule has 1 aliphatic rings. The number of ether oxygens (including phenoxy) is 3. The van der Waals surface area contributed by atoms with Crippen molar-refractivity contribution in [3.8, 4) is 5.75 Å². The highest BCUT2D eigenvalue weighted by Crippen LogP contribution is 2.30. The van der Waals surface area contributed by atoms with Crippen LogP contribution < -0.4 is 4.74 Å². The number of halogens is 1. The van der Waals surface area contributed by atoms with Crippen molar-refractivity contribution in [3.05, 3.63) is 28.3 Å². The van der Waals surface area contributed by atoms with Crippen molar-refractivity contribution in [1.29, 1.82) is 0 Å². The molecular weight excluding hydrogens is 290 g/mol.